The predicted molar refractivity (Wildman–Crippen MR) is 109 cm³/mol. The van der Waals surface area contributed by atoms with E-state index in [1.165, 1.54) is 16.1 Å². The third kappa shape index (κ3) is 5.81. The number of hydrogen-bond acceptors (Lipinski definition) is 4. The molecule has 1 N–H and O–H groups in total. The molecule has 28 heavy (non-hydrogen) atoms. The van der Waals surface area contributed by atoms with Crippen molar-refractivity contribution in [1.82, 2.24) is 9.62 Å². The van der Waals surface area contributed by atoms with Gasteiger partial charge in [0, 0.05) is 25.2 Å². The number of nitrogens with zero attached hydrogens (tertiary/aromatic N) is 1. The zero-order valence-electron chi connectivity index (χ0n) is 16.0. The molecule has 1 heterocycles. The van der Waals surface area contributed by atoms with Crippen molar-refractivity contribution in [2.45, 2.75) is 25.4 Å². The first-order valence-corrected chi connectivity index (χ1v) is 11.3. The Labute approximate surface area is 166 Å². The Hall–Kier alpha value is -2.38. The van der Waals surface area contributed by atoms with Gasteiger partial charge >= 0.3 is 0 Å². The molecule has 1 amide bonds. The summed E-state index contributed by atoms with van der Waals surface area (Å²) in [4.78, 5) is 12.3. The van der Waals surface area contributed by atoms with Crippen molar-refractivity contribution >= 4 is 15.9 Å². The Morgan fingerprint density at radius 1 is 1.07 bits per heavy atom. The summed E-state index contributed by atoms with van der Waals surface area (Å²) in [6, 6.07) is 17.1. The zero-order chi connectivity index (χ0) is 20.0. The lowest BCUT2D eigenvalue weighted by atomic mass is 10.1. The van der Waals surface area contributed by atoms with E-state index in [1.807, 2.05) is 30.3 Å². The third-order valence-electron chi connectivity index (χ3n) is 4.83. The van der Waals surface area contributed by atoms with Crippen LogP contribution in [-0.2, 0) is 16.4 Å². The van der Waals surface area contributed by atoms with Crippen LogP contribution in [0.1, 0.15) is 28.8 Å². The molecule has 6 nitrogen and oxygen atoms in total. The van der Waals surface area contributed by atoms with Gasteiger partial charge in [-0.15, -0.1) is 0 Å². The topological polar surface area (TPSA) is 75.7 Å². The van der Waals surface area contributed by atoms with Gasteiger partial charge in [-0.25, -0.2) is 12.7 Å². The summed E-state index contributed by atoms with van der Waals surface area (Å²) in [7, 11) is -3.13. The number of rotatable bonds is 7. The lowest BCUT2D eigenvalue weighted by molar-refractivity contribution is 0.0954. The average Bonchev–Trinajstić information content (AvgIpc) is 2.69. The molecule has 0 radical (unpaired) electrons. The summed E-state index contributed by atoms with van der Waals surface area (Å²) in [6.45, 7) is 1.54. The average molecular weight is 403 g/mol. The number of benzene rings is 2. The maximum atomic E-state index is 12.3. The van der Waals surface area contributed by atoms with Crippen LogP contribution in [0.4, 0.5) is 0 Å². The number of ether oxygens (including phenoxy) is 1. The Morgan fingerprint density at radius 3 is 2.32 bits per heavy atom. The molecule has 1 saturated heterocycles. The molecule has 0 aliphatic carbocycles. The monoisotopic (exact) mass is 402 g/mol. The summed E-state index contributed by atoms with van der Waals surface area (Å²) >= 11 is 0. The summed E-state index contributed by atoms with van der Waals surface area (Å²) in [5.74, 6) is 0.586. The molecule has 0 aromatic heterocycles. The number of nitrogens with one attached hydrogen (secondary N) is 1. The predicted octanol–water partition coefficient (Wildman–Crippen LogP) is 2.46. The van der Waals surface area contributed by atoms with E-state index in [4.69, 9.17) is 4.74 Å². The van der Waals surface area contributed by atoms with Crippen LogP contribution in [0.25, 0.3) is 0 Å². The number of amides is 1. The van der Waals surface area contributed by atoms with Gasteiger partial charge in [0.25, 0.3) is 5.91 Å². The number of carbonyl (C=O) groups is 1. The normalized spacial score (nSPS) is 15.9. The van der Waals surface area contributed by atoms with Gasteiger partial charge in [-0.1, -0.05) is 30.3 Å². The van der Waals surface area contributed by atoms with E-state index in [0.29, 0.717) is 43.8 Å². The SMILES string of the molecule is CS(=O)(=O)N1CCC(Oc2ccc(C(=O)NCCc3ccccc3)cc2)CC1. The number of carbonyl (C=O) groups excluding carboxylic acids is 1. The molecule has 2 aromatic rings. The van der Waals surface area contributed by atoms with Crippen LogP contribution in [-0.4, -0.2) is 50.6 Å². The van der Waals surface area contributed by atoms with Gasteiger partial charge in [-0.3, -0.25) is 4.79 Å². The van der Waals surface area contributed by atoms with Crippen molar-refractivity contribution in [1.29, 1.82) is 0 Å². The quantitative estimate of drug-likeness (QED) is 0.772. The van der Waals surface area contributed by atoms with Crippen LogP contribution in [0, 0.1) is 0 Å². The molecule has 2 aromatic carbocycles. The van der Waals surface area contributed by atoms with Crippen LogP contribution in [0.3, 0.4) is 0 Å². The summed E-state index contributed by atoms with van der Waals surface area (Å²) in [5, 5.41) is 2.93. The van der Waals surface area contributed by atoms with E-state index < -0.39 is 10.0 Å². The second kappa shape index (κ2) is 9.21. The van der Waals surface area contributed by atoms with Gasteiger partial charge in [0.1, 0.15) is 11.9 Å². The molecule has 7 heteroatoms. The van der Waals surface area contributed by atoms with Crippen LogP contribution >= 0.6 is 0 Å². The first-order chi connectivity index (χ1) is 13.4. The maximum Gasteiger partial charge on any atom is 0.251 e. The minimum Gasteiger partial charge on any atom is -0.490 e. The fraction of sp³-hybridized carbons (Fsp3) is 0.381. The molecule has 0 bridgehead atoms. The lowest BCUT2D eigenvalue weighted by Gasteiger charge is -2.30. The number of piperidine rings is 1. The second-order valence-electron chi connectivity index (χ2n) is 7.00. The van der Waals surface area contributed by atoms with E-state index >= 15 is 0 Å². The van der Waals surface area contributed by atoms with Crippen LogP contribution < -0.4 is 10.1 Å². The maximum absolute atomic E-state index is 12.3. The summed E-state index contributed by atoms with van der Waals surface area (Å²) in [6.07, 6.45) is 3.34. The van der Waals surface area contributed by atoms with E-state index in [2.05, 4.69) is 5.32 Å². The molecule has 1 fully saturated rings. The Kier molecular flexibility index (Phi) is 6.70. The lowest BCUT2D eigenvalue weighted by Crippen LogP contribution is -2.41. The molecular weight excluding hydrogens is 376 g/mol. The molecule has 0 atom stereocenters. The van der Waals surface area contributed by atoms with Gasteiger partial charge in [0.05, 0.1) is 6.26 Å². The van der Waals surface area contributed by atoms with E-state index in [1.54, 1.807) is 24.3 Å². The van der Waals surface area contributed by atoms with Crippen LogP contribution in [0.5, 0.6) is 5.75 Å². The Balaban J connectivity index is 1.45. The van der Waals surface area contributed by atoms with Gasteiger partial charge in [-0.2, -0.15) is 0 Å². The minimum atomic E-state index is -3.13. The van der Waals surface area contributed by atoms with Crippen molar-refractivity contribution < 1.29 is 17.9 Å². The highest BCUT2D eigenvalue weighted by atomic mass is 32.2. The fourth-order valence-electron chi connectivity index (χ4n) is 3.23. The Bertz CT molecular complexity index is 874. The van der Waals surface area contributed by atoms with Gasteiger partial charge in [0.15, 0.2) is 0 Å². The van der Waals surface area contributed by atoms with Crippen LogP contribution in [0.15, 0.2) is 54.6 Å². The van der Waals surface area contributed by atoms with E-state index in [-0.39, 0.29) is 12.0 Å². The molecule has 0 spiro atoms. The van der Waals surface area contributed by atoms with E-state index in [9.17, 15) is 13.2 Å². The van der Waals surface area contributed by atoms with Crippen LogP contribution in [0.2, 0.25) is 0 Å². The van der Waals surface area contributed by atoms with Crippen molar-refractivity contribution in [3.05, 3.63) is 65.7 Å². The van der Waals surface area contributed by atoms with Gasteiger partial charge in [-0.05, 0) is 49.1 Å². The van der Waals surface area contributed by atoms with Crippen molar-refractivity contribution in [3.63, 3.8) is 0 Å². The molecule has 0 unspecified atom stereocenters. The molecule has 0 saturated carbocycles. The number of hydrogen-bond donors (Lipinski definition) is 1. The first kappa shape index (κ1) is 20.4. The standard InChI is InChI=1S/C21H26N2O4S/c1-28(25,26)23-15-12-20(13-16-23)27-19-9-7-18(8-10-19)21(24)22-14-11-17-5-3-2-4-6-17/h2-10,20H,11-16H2,1H3,(H,22,24). The second-order valence-corrected chi connectivity index (χ2v) is 8.98. The fourth-order valence-corrected chi connectivity index (χ4v) is 4.10. The molecule has 150 valence electrons. The number of sulfonamides is 1. The smallest absolute Gasteiger partial charge is 0.251 e. The highest BCUT2D eigenvalue weighted by Crippen LogP contribution is 2.20. The highest BCUT2D eigenvalue weighted by Gasteiger charge is 2.25. The molecule has 3 rings (SSSR count). The Morgan fingerprint density at radius 2 is 1.71 bits per heavy atom. The van der Waals surface area contributed by atoms with Gasteiger partial charge < -0.3 is 10.1 Å². The van der Waals surface area contributed by atoms with Gasteiger partial charge in [0.2, 0.25) is 10.0 Å². The molecular formula is C21H26N2O4S. The largest absolute Gasteiger partial charge is 0.490 e. The molecule has 1 aliphatic heterocycles. The zero-order valence-corrected chi connectivity index (χ0v) is 16.8. The first-order valence-electron chi connectivity index (χ1n) is 9.46. The van der Waals surface area contributed by atoms with Crippen molar-refractivity contribution in [2.75, 3.05) is 25.9 Å². The highest BCUT2D eigenvalue weighted by molar-refractivity contribution is 7.88. The minimum absolute atomic E-state index is 0.0106. The summed E-state index contributed by atoms with van der Waals surface area (Å²) in [5.41, 5.74) is 1.78. The van der Waals surface area contributed by atoms with E-state index in [0.717, 1.165) is 6.42 Å². The third-order valence-corrected chi connectivity index (χ3v) is 6.13. The van der Waals surface area contributed by atoms with Crippen molar-refractivity contribution in [3.8, 4) is 5.75 Å². The molecule has 1 aliphatic rings. The van der Waals surface area contributed by atoms with Crippen molar-refractivity contribution in [2.24, 2.45) is 0 Å². The summed E-state index contributed by atoms with van der Waals surface area (Å²) < 4.78 is 30.5.